The highest BCUT2D eigenvalue weighted by atomic mass is 15.3. The van der Waals surface area contributed by atoms with Gasteiger partial charge in [-0.2, -0.15) is 4.98 Å². The first-order valence-electron chi connectivity index (χ1n) is 5.19. The Morgan fingerprint density at radius 2 is 2.20 bits per heavy atom. The highest BCUT2D eigenvalue weighted by molar-refractivity contribution is 5.41. The van der Waals surface area contributed by atoms with E-state index in [1.165, 1.54) is 12.8 Å². The van der Waals surface area contributed by atoms with Gasteiger partial charge in [0, 0.05) is 11.7 Å². The Balaban J connectivity index is 2.09. The lowest BCUT2D eigenvalue weighted by atomic mass is 9.99. The van der Waals surface area contributed by atoms with Gasteiger partial charge in [-0.15, -0.1) is 0 Å². The third-order valence-corrected chi connectivity index (χ3v) is 2.83. The van der Waals surface area contributed by atoms with Gasteiger partial charge in [0.1, 0.15) is 5.82 Å². The Morgan fingerprint density at radius 1 is 1.47 bits per heavy atom. The van der Waals surface area contributed by atoms with Gasteiger partial charge in [0.25, 0.3) is 0 Å². The minimum atomic E-state index is 0.0974. The first-order valence-corrected chi connectivity index (χ1v) is 5.19. The molecule has 0 bridgehead atoms. The summed E-state index contributed by atoms with van der Waals surface area (Å²) in [5.41, 5.74) is 2.53. The summed E-state index contributed by atoms with van der Waals surface area (Å²) in [7, 11) is 0. The zero-order chi connectivity index (χ0) is 10.9. The third kappa shape index (κ3) is 2.36. The van der Waals surface area contributed by atoms with Crippen LogP contribution in [0.4, 0.5) is 11.8 Å². The molecule has 1 aromatic heterocycles. The monoisotopic (exact) mass is 207 g/mol. The quantitative estimate of drug-likeness (QED) is 0.513. The normalized spacial score (nSPS) is 16.2. The SMILES string of the molecule is CC(C)(Nc1ccnc(NN)n1)C1CC1. The van der Waals surface area contributed by atoms with Crippen LogP contribution in [0.2, 0.25) is 0 Å². The molecule has 0 radical (unpaired) electrons. The minimum Gasteiger partial charge on any atom is -0.365 e. The fourth-order valence-electron chi connectivity index (χ4n) is 1.74. The molecule has 1 aliphatic carbocycles. The standard InChI is InChI=1S/C10H17N5/c1-10(2,7-3-4-7)14-8-5-6-12-9(13-8)15-11/h5-7H,3-4,11H2,1-2H3,(H2,12,13,14,15). The van der Waals surface area contributed by atoms with Crippen LogP contribution in [0.3, 0.4) is 0 Å². The smallest absolute Gasteiger partial charge is 0.239 e. The number of hydrogen-bond donors (Lipinski definition) is 3. The molecular weight excluding hydrogens is 190 g/mol. The van der Waals surface area contributed by atoms with Crippen molar-refractivity contribution in [1.29, 1.82) is 0 Å². The van der Waals surface area contributed by atoms with Crippen molar-refractivity contribution < 1.29 is 0 Å². The maximum absolute atomic E-state index is 5.25. The van der Waals surface area contributed by atoms with E-state index in [0.717, 1.165) is 11.7 Å². The van der Waals surface area contributed by atoms with Crippen molar-refractivity contribution in [2.45, 2.75) is 32.2 Å². The molecule has 0 atom stereocenters. The number of hydrogen-bond acceptors (Lipinski definition) is 5. The van der Waals surface area contributed by atoms with E-state index < -0.39 is 0 Å². The molecule has 1 saturated carbocycles. The van der Waals surface area contributed by atoms with E-state index in [9.17, 15) is 0 Å². The van der Waals surface area contributed by atoms with Gasteiger partial charge >= 0.3 is 0 Å². The van der Waals surface area contributed by atoms with Crippen LogP contribution in [0.25, 0.3) is 0 Å². The van der Waals surface area contributed by atoms with E-state index >= 15 is 0 Å². The first-order chi connectivity index (χ1) is 7.12. The second-order valence-corrected chi connectivity index (χ2v) is 4.53. The van der Waals surface area contributed by atoms with Gasteiger partial charge in [-0.1, -0.05) is 0 Å². The zero-order valence-corrected chi connectivity index (χ0v) is 9.12. The molecular formula is C10H17N5. The summed E-state index contributed by atoms with van der Waals surface area (Å²) in [6.07, 6.45) is 4.29. The van der Waals surface area contributed by atoms with Crippen molar-refractivity contribution >= 4 is 11.8 Å². The van der Waals surface area contributed by atoms with Gasteiger partial charge in [0.15, 0.2) is 0 Å². The molecule has 4 N–H and O–H groups in total. The average molecular weight is 207 g/mol. The van der Waals surface area contributed by atoms with Crippen molar-refractivity contribution in [1.82, 2.24) is 9.97 Å². The van der Waals surface area contributed by atoms with Gasteiger partial charge in [0.2, 0.25) is 5.95 Å². The number of anilines is 2. The number of nitrogens with two attached hydrogens (primary N) is 1. The number of nitrogens with one attached hydrogen (secondary N) is 2. The highest BCUT2D eigenvalue weighted by Gasteiger charge is 2.37. The van der Waals surface area contributed by atoms with Crippen LogP contribution >= 0.6 is 0 Å². The summed E-state index contributed by atoms with van der Waals surface area (Å²) in [5, 5.41) is 3.41. The summed E-state index contributed by atoms with van der Waals surface area (Å²) in [6, 6.07) is 1.85. The summed E-state index contributed by atoms with van der Waals surface area (Å²) < 4.78 is 0. The number of nitrogen functional groups attached to an aromatic ring is 1. The molecule has 1 aromatic rings. The summed E-state index contributed by atoms with van der Waals surface area (Å²) in [5.74, 6) is 7.25. The molecule has 1 fully saturated rings. The minimum absolute atomic E-state index is 0.0974. The van der Waals surface area contributed by atoms with Crippen molar-refractivity contribution in [3.8, 4) is 0 Å². The molecule has 5 heteroatoms. The molecule has 0 amide bonds. The van der Waals surface area contributed by atoms with Crippen LogP contribution in [0.1, 0.15) is 26.7 Å². The van der Waals surface area contributed by atoms with Crippen molar-refractivity contribution in [3.05, 3.63) is 12.3 Å². The second kappa shape index (κ2) is 3.66. The topological polar surface area (TPSA) is 75.9 Å². The lowest BCUT2D eigenvalue weighted by molar-refractivity contribution is 0.492. The molecule has 0 aliphatic heterocycles. The third-order valence-electron chi connectivity index (χ3n) is 2.83. The van der Waals surface area contributed by atoms with Crippen LogP contribution in [-0.2, 0) is 0 Å². The highest BCUT2D eigenvalue weighted by Crippen LogP contribution is 2.40. The van der Waals surface area contributed by atoms with E-state index in [1.807, 2.05) is 6.07 Å². The fourth-order valence-corrected chi connectivity index (χ4v) is 1.74. The molecule has 1 aliphatic rings. The van der Waals surface area contributed by atoms with Crippen molar-refractivity contribution in [3.63, 3.8) is 0 Å². The van der Waals surface area contributed by atoms with E-state index in [4.69, 9.17) is 5.84 Å². The molecule has 82 valence electrons. The molecule has 0 saturated heterocycles. The molecule has 2 rings (SSSR count). The van der Waals surface area contributed by atoms with Crippen molar-refractivity contribution in [2.24, 2.45) is 11.8 Å². The number of aromatic nitrogens is 2. The molecule has 0 spiro atoms. The van der Waals surface area contributed by atoms with E-state index in [-0.39, 0.29) is 5.54 Å². The van der Waals surface area contributed by atoms with Crippen LogP contribution in [0.15, 0.2) is 12.3 Å². The van der Waals surface area contributed by atoms with Crippen LogP contribution in [-0.4, -0.2) is 15.5 Å². The number of hydrazine groups is 1. The predicted octanol–water partition coefficient (Wildman–Crippen LogP) is 1.36. The van der Waals surface area contributed by atoms with Crippen molar-refractivity contribution in [2.75, 3.05) is 10.7 Å². The average Bonchev–Trinajstić information content (AvgIpc) is 3.00. The van der Waals surface area contributed by atoms with Crippen LogP contribution in [0.5, 0.6) is 0 Å². The molecule has 0 aromatic carbocycles. The Kier molecular flexibility index (Phi) is 2.48. The van der Waals surface area contributed by atoms with Crippen LogP contribution < -0.4 is 16.6 Å². The van der Waals surface area contributed by atoms with E-state index in [0.29, 0.717) is 5.95 Å². The van der Waals surface area contributed by atoms with E-state index in [2.05, 4.69) is 34.6 Å². The fraction of sp³-hybridized carbons (Fsp3) is 0.600. The molecule has 15 heavy (non-hydrogen) atoms. The summed E-state index contributed by atoms with van der Waals surface area (Å²) >= 11 is 0. The number of rotatable bonds is 4. The maximum Gasteiger partial charge on any atom is 0.239 e. The largest absolute Gasteiger partial charge is 0.365 e. The Labute approximate surface area is 89.5 Å². The van der Waals surface area contributed by atoms with Gasteiger partial charge in [-0.3, -0.25) is 5.43 Å². The molecule has 5 nitrogen and oxygen atoms in total. The summed E-state index contributed by atoms with van der Waals surface area (Å²) in [6.45, 7) is 4.39. The lowest BCUT2D eigenvalue weighted by Gasteiger charge is -2.26. The Morgan fingerprint density at radius 3 is 2.80 bits per heavy atom. The van der Waals surface area contributed by atoms with Gasteiger partial charge in [-0.05, 0) is 38.7 Å². The molecule has 0 unspecified atom stereocenters. The number of nitrogens with zero attached hydrogens (tertiary/aromatic N) is 2. The lowest BCUT2D eigenvalue weighted by Crippen LogP contribution is -2.33. The van der Waals surface area contributed by atoms with Gasteiger partial charge in [0.05, 0.1) is 0 Å². The maximum atomic E-state index is 5.25. The second-order valence-electron chi connectivity index (χ2n) is 4.53. The van der Waals surface area contributed by atoms with E-state index in [1.54, 1.807) is 6.20 Å². The predicted molar refractivity (Wildman–Crippen MR) is 60.3 cm³/mol. The Bertz CT molecular complexity index is 345. The Hall–Kier alpha value is -1.36. The summed E-state index contributed by atoms with van der Waals surface area (Å²) in [4.78, 5) is 8.19. The first kappa shape index (κ1) is 10.2. The van der Waals surface area contributed by atoms with Gasteiger partial charge in [-0.25, -0.2) is 10.8 Å². The molecule has 1 heterocycles. The van der Waals surface area contributed by atoms with Gasteiger partial charge < -0.3 is 5.32 Å². The zero-order valence-electron chi connectivity index (χ0n) is 9.12. The van der Waals surface area contributed by atoms with Crippen LogP contribution in [0, 0.1) is 5.92 Å².